The average molecular weight is 457 g/mol. The first kappa shape index (κ1) is 27.3. The summed E-state index contributed by atoms with van der Waals surface area (Å²) in [6.07, 6.45) is 2.09. The van der Waals surface area contributed by atoms with E-state index in [1.54, 1.807) is 13.8 Å². The number of carboxylic acids is 1. The second-order valence-electron chi connectivity index (χ2n) is 8.38. The maximum atomic E-state index is 13.1. The molecule has 1 aliphatic rings. The molecule has 1 rings (SSSR count). The predicted octanol–water partition coefficient (Wildman–Crippen LogP) is -1.98. The normalized spacial score (nSPS) is 18.7. The number of rotatable bonds is 13. The van der Waals surface area contributed by atoms with Crippen LogP contribution in [0, 0.1) is 5.92 Å². The standard InChI is InChI=1S/C20H36N6O6/c1-11(2)16(20(31)32)25-18(29)14-7-5-9-26(14)19(30)13(10-15(23)27)24-17(28)12(22)6-3-4-8-21/h11-14,16H,3-10,21-22H2,1-2H3,(H2,23,27)(H,24,28)(H,25,29)(H,31,32). The van der Waals surface area contributed by atoms with Gasteiger partial charge in [-0.1, -0.05) is 20.3 Å². The van der Waals surface area contributed by atoms with E-state index in [4.69, 9.17) is 17.2 Å². The molecule has 32 heavy (non-hydrogen) atoms. The van der Waals surface area contributed by atoms with E-state index in [0.29, 0.717) is 38.6 Å². The van der Waals surface area contributed by atoms with Crippen molar-refractivity contribution in [2.45, 2.75) is 76.5 Å². The van der Waals surface area contributed by atoms with Gasteiger partial charge < -0.3 is 37.8 Å². The maximum absolute atomic E-state index is 13.1. The maximum Gasteiger partial charge on any atom is 0.326 e. The number of amides is 4. The fourth-order valence-electron chi connectivity index (χ4n) is 3.59. The molecule has 12 heteroatoms. The van der Waals surface area contributed by atoms with Crippen LogP contribution >= 0.6 is 0 Å². The van der Waals surface area contributed by atoms with Crippen molar-refractivity contribution in [3.05, 3.63) is 0 Å². The highest BCUT2D eigenvalue weighted by Gasteiger charge is 2.39. The molecule has 4 atom stereocenters. The fourth-order valence-corrected chi connectivity index (χ4v) is 3.59. The highest BCUT2D eigenvalue weighted by Crippen LogP contribution is 2.20. The first-order valence-corrected chi connectivity index (χ1v) is 10.9. The third-order valence-electron chi connectivity index (χ3n) is 5.39. The number of hydrogen-bond donors (Lipinski definition) is 6. The Morgan fingerprint density at radius 3 is 2.31 bits per heavy atom. The fraction of sp³-hybridized carbons (Fsp3) is 0.750. The lowest BCUT2D eigenvalue weighted by molar-refractivity contribution is -0.146. The lowest BCUT2D eigenvalue weighted by atomic mass is 10.0. The van der Waals surface area contributed by atoms with Gasteiger partial charge >= 0.3 is 5.97 Å². The minimum atomic E-state index is -1.27. The lowest BCUT2D eigenvalue weighted by Gasteiger charge is -2.30. The Balaban J connectivity index is 2.91. The summed E-state index contributed by atoms with van der Waals surface area (Å²) in [7, 11) is 0. The van der Waals surface area contributed by atoms with Gasteiger partial charge in [0.2, 0.25) is 23.6 Å². The van der Waals surface area contributed by atoms with Crippen molar-refractivity contribution in [1.29, 1.82) is 0 Å². The zero-order valence-corrected chi connectivity index (χ0v) is 18.7. The van der Waals surface area contributed by atoms with Crippen LogP contribution < -0.4 is 27.8 Å². The number of primary amides is 1. The number of likely N-dealkylation sites (tertiary alicyclic amines) is 1. The summed E-state index contributed by atoms with van der Waals surface area (Å²) in [6.45, 7) is 4.01. The van der Waals surface area contributed by atoms with Crippen LogP contribution in [-0.2, 0) is 24.0 Å². The van der Waals surface area contributed by atoms with Gasteiger partial charge in [0.15, 0.2) is 0 Å². The van der Waals surface area contributed by atoms with Crippen LogP contribution in [0.15, 0.2) is 0 Å². The third-order valence-corrected chi connectivity index (χ3v) is 5.39. The Labute approximate surface area is 187 Å². The van der Waals surface area contributed by atoms with E-state index < -0.39 is 60.2 Å². The van der Waals surface area contributed by atoms with Crippen molar-refractivity contribution in [1.82, 2.24) is 15.5 Å². The summed E-state index contributed by atoms with van der Waals surface area (Å²) in [6, 6.07) is -4.17. The molecule has 12 nitrogen and oxygen atoms in total. The van der Waals surface area contributed by atoms with Crippen LogP contribution in [0.3, 0.4) is 0 Å². The zero-order chi connectivity index (χ0) is 24.4. The summed E-state index contributed by atoms with van der Waals surface area (Å²) in [5.41, 5.74) is 16.5. The molecular formula is C20H36N6O6. The first-order valence-electron chi connectivity index (χ1n) is 10.9. The summed E-state index contributed by atoms with van der Waals surface area (Å²) in [5, 5.41) is 14.3. The van der Waals surface area contributed by atoms with E-state index in [-0.39, 0.29) is 12.5 Å². The van der Waals surface area contributed by atoms with Crippen LogP contribution in [0.1, 0.15) is 52.4 Å². The van der Waals surface area contributed by atoms with E-state index in [0.717, 1.165) is 0 Å². The molecule has 4 unspecified atom stereocenters. The Morgan fingerprint density at radius 2 is 1.78 bits per heavy atom. The Hall–Kier alpha value is -2.73. The summed E-state index contributed by atoms with van der Waals surface area (Å²) >= 11 is 0. The molecule has 0 aromatic rings. The molecule has 9 N–H and O–H groups in total. The molecule has 1 heterocycles. The first-order chi connectivity index (χ1) is 15.0. The Kier molecular flexibility index (Phi) is 11.1. The number of carbonyl (C=O) groups excluding carboxylic acids is 4. The van der Waals surface area contributed by atoms with Gasteiger partial charge in [0.05, 0.1) is 12.5 Å². The number of aliphatic carboxylic acids is 1. The molecule has 1 fully saturated rings. The van der Waals surface area contributed by atoms with Crippen molar-refractivity contribution in [2.24, 2.45) is 23.1 Å². The number of hydrogen-bond acceptors (Lipinski definition) is 7. The molecule has 0 saturated carbocycles. The van der Waals surface area contributed by atoms with E-state index in [1.807, 2.05) is 0 Å². The molecule has 4 amide bonds. The molecule has 0 aliphatic carbocycles. The molecule has 0 aromatic heterocycles. The Bertz CT molecular complexity index is 700. The molecular weight excluding hydrogens is 420 g/mol. The van der Waals surface area contributed by atoms with Crippen molar-refractivity contribution in [3.63, 3.8) is 0 Å². The van der Waals surface area contributed by atoms with Gasteiger partial charge in [0.25, 0.3) is 0 Å². The molecule has 1 aliphatic heterocycles. The summed E-state index contributed by atoms with van der Waals surface area (Å²) < 4.78 is 0. The highest BCUT2D eigenvalue weighted by atomic mass is 16.4. The summed E-state index contributed by atoms with van der Waals surface area (Å²) in [5.74, 6) is -4.17. The zero-order valence-electron chi connectivity index (χ0n) is 18.7. The molecule has 0 aromatic carbocycles. The van der Waals surface area contributed by atoms with E-state index in [1.165, 1.54) is 4.90 Å². The van der Waals surface area contributed by atoms with Gasteiger partial charge in [-0.05, 0) is 38.1 Å². The SMILES string of the molecule is CC(C)C(NC(=O)C1CCCN1C(=O)C(CC(N)=O)NC(=O)C(N)CCCCN)C(=O)O. The van der Waals surface area contributed by atoms with Gasteiger partial charge in [-0.3, -0.25) is 19.2 Å². The highest BCUT2D eigenvalue weighted by molar-refractivity contribution is 5.96. The quantitative estimate of drug-likeness (QED) is 0.170. The topological polar surface area (TPSA) is 211 Å². The molecule has 0 radical (unpaired) electrons. The van der Waals surface area contributed by atoms with Gasteiger partial charge in [0, 0.05) is 6.54 Å². The second-order valence-corrected chi connectivity index (χ2v) is 8.38. The smallest absolute Gasteiger partial charge is 0.326 e. The van der Waals surface area contributed by atoms with Gasteiger partial charge in [-0.2, -0.15) is 0 Å². The van der Waals surface area contributed by atoms with Crippen LogP contribution in [-0.4, -0.2) is 76.9 Å². The Morgan fingerprint density at radius 1 is 1.12 bits per heavy atom. The third kappa shape index (κ3) is 8.08. The van der Waals surface area contributed by atoms with Crippen LogP contribution in [0.2, 0.25) is 0 Å². The average Bonchev–Trinajstić information content (AvgIpc) is 3.19. The van der Waals surface area contributed by atoms with Crippen LogP contribution in [0.25, 0.3) is 0 Å². The van der Waals surface area contributed by atoms with Crippen LogP contribution in [0.4, 0.5) is 0 Å². The minimum Gasteiger partial charge on any atom is -0.480 e. The monoisotopic (exact) mass is 456 g/mol. The minimum absolute atomic E-state index is 0.226. The number of nitrogens with two attached hydrogens (primary N) is 3. The van der Waals surface area contributed by atoms with Gasteiger partial charge in [-0.15, -0.1) is 0 Å². The number of carboxylic acid groups (broad SMARTS) is 1. The number of nitrogens with one attached hydrogen (secondary N) is 2. The van der Waals surface area contributed by atoms with Gasteiger partial charge in [0.1, 0.15) is 18.1 Å². The second kappa shape index (κ2) is 13.0. The van der Waals surface area contributed by atoms with Crippen molar-refractivity contribution in [2.75, 3.05) is 13.1 Å². The van der Waals surface area contributed by atoms with E-state index in [2.05, 4.69) is 10.6 Å². The van der Waals surface area contributed by atoms with E-state index >= 15 is 0 Å². The summed E-state index contributed by atoms with van der Waals surface area (Å²) in [4.78, 5) is 62.4. The largest absolute Gasteiger partial charge is 0.480 e. The molecule has 1 saturated heterocycles. The number of unbranched alkanes of at least 4 members (excludes halogenated alkanes) is 1. The van der Waals surface area contributed by atoms with Crippen molar-refractivity contribution >= 4 is 29.6 Å². The number of carbonyl (C=O) groups is 5. The molecule has 0 spiro atoms. The van der Waals surface area contributed by atoms with E-state index in [9.17, 15) is 29.1 Å². The lowest BCUT2D eigenvalue weighted by Crippen LogP contribution is -2.57. The molecule has 182 valence electrons. The molecule has 0 bridgehead atoms. The predicted molar refractivity (Wildman–Crippen MR) is 116 cm³/mol. The van der Waals surface area contributed by atoms with Crippen molar-refractivity contribution < 1.29 is 29.1 Å². The van der Waals surface area contributed by atoms with Crippen molar-refractivity contribution in [3.8, 4) is 0 Å². The van der Waals surface area contributed by atoms with Crippen LogP contribution in [0.5, 0.6) is 0 Å². The van der Waals surface area contributed by atoms with Gasteiger partial charge in [-0.25, -0.2) is 4.79 Å². The number of nitrogens with zero attached hydrogens (tertiary/aromatic N) is 1.